The number of rotatable bonds is 6. The zero-order chi connectivity index (χ0) is 13.4. The highest BCUT2D eigenvalue weighted by atomic mass is 16.6. The van der Waals surface area contributed by atoms with E-state index in [1.54, 1.807) is 4.90 Å². The Kier molecular flexibility index (Phi) is 6.54. The standard InChI is InChI=1S/C13H23N2O3/c1-2-3-10-18-13(17)15-8-6-11(7-9-15)4-5-12(14)16/h11,14H,2-10H2,1H3. The molecule has 5 nitrogen and oxygen atoms in total. The Morgan fingerprint density at radius 2 is 2.00 bits per heavy atom. The molecule has 1 saturated heterocycles. The summed E-state index contributed by atoms with van der Waals surface area (Å²) in [6, 6.07) is 0. The van der Waals surface area contributed by atoms with Crippen LogP contribution in [0.5, 0.6) is 0 Å². The number of hydrogen-bond donors (Lipinski definition) is 0. The Morgan fingerprint density at radius 1 is 1.33 bits per heavy atom. The third kappa shape index (κ3) is 5.38. The Bertz CT molecular complexity index is 273. The fourth-order valence-electron chi connectivity index (χ4n) is 2.13. The molecule has 0 unspecified atom stereocenters. The summed E-state index contributed by atoms with van der Waals surface area (Å²) in [5, 5.41) is 0. The summed E-state index contributed by atoms with van der Waals surface area (Å²) in [6.07, 6.45) is 4.67. The lowest BCUT2D eigenvalue weighted by atomic mass is 9.92. The van der Waals surface area contributed by atoms with Gasteiger partial charge in [-0.05, 0) is 31.6 Å². The molecule has 1 aliphatic rings. The van der Waals surface area contributed by atoms with E-state index in [1.807, 2.05) is 0 Å². The Labute approximate surface area is 109 Å². The maximum Gasteiger partial charge on any atom is 0.409 e. The van der Waals surface area contributed by atoms with Crippen LogP contribution in [-0.4, -0.2) is 36.6 Å². The summed E-state index contributed by atoms with van der Waals surface area (Å²) in [6.45, 7) is 3.99. The maximum absolute atomic E-state index is 11.7. The molecule has 0 saturated carbocycles. The highest BCUT2D eigenvalue weighted by Crippen LogP contribution is 2.22. The first-order valence-electron chi connectivity index (χ1n) is 6.79. The van der Waals surface area contributed by atoms with Crippen molar-refractivity contribution in [1.82, 2.24) is 10.6 Å². The van der Waals surface area contributed by atoms with Gasteiger partial charge < -0.3 is 9.64 Å². The Hall–Kier alpha value is -1.26. The summed E-state index contributed by atoms with van der Waals surface area (Å²) in [5.41, 5.74) is 6.87. The molecule has 0 spiro atoms. The van der Waals surface area contributed by atoms with Crippen LogP contribution >= 0.6 is 0 Å². The molecular formula is C13H23N2O3. The van der Waals surface area contributed by atoms with Crippen LogP contribution in [0, 0.1) is 5.92 Å². The summed E-state index contributed by atoms with van der Waals surface area (Å²) in [4.78, 5) is 24.0. The van der Waals surface area contributed by atoms with Gasteiger partial charge in [-0.2, -0.15) is 0 Å². The minimum atomic E-state index is -0.489. The molecule has 0 aromatic heterocycles. The highest BCUT2D eigenvalue weighted by Gasteiger charge is 2.23. The molecule has 0 aromatic carbocycles. The number of nitrogens with one attached hydrogen (secondary N) is 1. The molecule has 1 aliphatic heterocycles. The summed E-state index contributed by atoms with van der Waals surface area (Å²) in [7, 11) is 0. The van der Waals surface area contributed by atoms with Crippen molar-refractivity contribution in [1.29, 1.82) is 0 Å². The molecule has 0 aliphatic carbocycles. The molecule has 1 heterocycles. The van der Waals surface area contributed by atoms with E-state index < -0.39 is 5.91 Å². The van der Waals surface area contributed by atoms with Crippen LogP contribution < -0.4 is 5.73 Å². The van der Waals surface area contributed by atoms with Gasteiger partial charge in [-0.1, -0.05) is 13.3 Å². The van der Waals surface area contributed by atoms with Crippen LogP contribution in [-0.2, 0) is 9.53 Å². The van der Waals surface area contributed by atoms with Gasteiger partial charge in [0.15, 0.2) is 0 Å². The van der Waals surface area contributed by atoms with Crippen molar-refractivity contribution in [2.24, 2.45) is 5.92 Å². The van der Waals surface area contributed by atoms with Gasteiger partial charge in [0.1, 0.15) is 0 Å². The predicted molar refractivity (Wildman–Crippen MR) is 67.9 cm³/mol. The zero-order valence-electron chi connectivity index (χ0n) is 11.1. The van der Waals surface area contributed by atoms with Crippen LogP contribution in [0.1, 0.15) is 45.4 Å². The van der Waals surface area contributed by atoms with Gasteiger partial charge in [0.2, 0.25) is 5.91 Å². The second-order valence-corrected chi connectivity index (χ2v) is 4.86. The molecule has 0 bridgehead atoms. The number of carbonyl (C=O) groups excluding carboxylic acids is 2. The fourth-order valence-corrected chi connectivity index (χ4v) is 2.13. The normalized spacial score (nSPS) is 16.6. The molecule has 1 fully saturated rings. The van der Waals surface area contributed by atoms with Crippen molar-refractivity contribution in [2.75, 3.05) is 19.7 Å². The largest absolute Gasteiger partial charge is 0.449 e. The second-order valence-electron chi connectivity index (χ2n) is 4.86. The van der Waals surface area contributed by atoms with Gasteiger partial charge in [0, 0.05) is 19.5 Å². The zero-order valence-corrected chi connectivity index (χ0v) is 11.1. The smallest absolute Gasteiger partial charge is 0.409 e. The van der Waals surface area contributed by atoms with E-state index in [0.29, 0.717) is 32.0 Å². The number of unbranched alkanes of at least 4 members (excludes halogenated alkanes) is 1. The van der Waals surface area contributed by atoms with Crippen LogP contribution in [0.3, 0.4) is 0 Å². The quantitative estimate of drug-likeness (QED) is 0.683. The molecule has 5 heteroatoms. The third-order valence-electron chi connectivity index (χ3n) is 3.38. The molecule has 0 atom stereocenters. The molecular weight excluding hydrogens is 232 g/mol. The van der Waals surface area contributed by atoms with E-state index in [2.05, 4.69) is 6.92 Å². The average molecular weight is 255 g/mol. The van der Waals surface area contributed by atoms with E-state index >= 15 is 0 Å². The van der Waals surface area contributed by atoms with E-state index in [-0.39, 0.29) is 6.09 Å². The first-order chi connectivity index (χ1) is 8.63. The topological polar surface area (TPSA) is 70.4 Å². The number of likely N-dealkylation sites (tertiary alicyclic amines) is 1. The van der Waals surface area contributed by atoms with Crippen molar-refractivity contribution in [3.63, 3.8) is 0 Å². The fraction of sp³-hybridized carbons (Fsp3) is 0.846. The van der Waals surface area contributed by atoms with Gasteiger partial charge in [-0.15, -0.1) is 0 Å². The van der Waals surface area contributed by atoms with E-state index in [4.69, 9.17) is 10.5 Å². The van der Waals surface area contributed by atoms with Crippen LogP contribution in [0.4, 0.5) is 4.79 Å². The van der Waals surface area contributed by atoms with Crippen molar-refractivity contribution < 1.29 is 14.3 Å². The van der Waals surface area contributed by atoms with Crippen molar-refractivity contribution >= 4 is 12.0 Å². The van der Waals surface area contributed by atoms with E-state index in [1.165, 1.54) is 0 Å². The van der Waals surface area contributed by atoms with E-state index in [9.17, 15) is 9.59 Å². The second kappa shape index (κ2) is 7.95. The van der Waals surface area contributed by atoms with Gasteiger partial charge >= 0.3 is 6.09 Å². The van der Waals surface area contributed by atoms with Crippen LogP contribution in [0.2, 0.25) is 0 Å². The highest BCUT2D eigenvalue weighted by molar-refractivity contribution is 5.72. The molecule has 1 rings (SSSR count). The number of piperidine rings is 1. The lowest BCUT2D eigenvalue weighted by Crippen LogP contribution is -2.39. The van der Waals surface area contributed by atoms with Gasteiger partial charge in [0.25, 0.3) is 0 Å². The molecule has 0 aromatic rings. The Morgan fingerprint density at radius 3 is 2.56 bits per heavy atom. The number of nitrogens with zero attached hydrogens (tertiary/aromatic N) is 1. The maximum atomic E-state index is 11.7. The summed E-state index contributed by atoms with van der Waals surface area (Å²) >= 11 is 0. The monoisotopic (exact) mass is 255 g/mol. The Balaban J connectivity index is 2.17. The third-order valence-corrected chi connectivity index (χ3v) is 3.38. The molecule has 1 radical (unpaired) electrons. The van der Waals surface area contributed by atoms with Crippen LogP contribution in [0.15, 0.2) is 0 Å². The van der Waals surface area contributed by atoms with Gasteiger partial charge in [0.05, 0.1) is 6.61 Å². The lowest BCUT2D eigenvalue weighted by molar-refractivity contribution is -0.119. The lowest BCUT2D eigenvalue weighted by Gasteiger charge is -2.31. The number of ether oxygens (including phenoxy) is 1. The minimum absolute atomic E-state index is 0.210. The van der Waals surface area contributed by atoms with Gasteiger partial charge in [-0.3, -0.25) is 10.5 Å². The van der Waals surface area contributed by atoms with Crippen molar-refractivity contribution in [3.8, 4) is 0 Å². The SMILES string of the molecule is CCCCOC(=O)N1CCC(CCC([NH])=O)CC1. The molecule has 18 heavy (non-hydrogen) atoms. The van der Waals surface area contributed by atoms with Gasteiger partial charge in [-0.25, -0.2) is 4.79 Å². The number of amides is 2. The minimum Gasteiger partial charge on any atom is -0.449 e. The first-order valence-corrected chi connectivity index (χ1v) is 6.79. The number of carbonyl (C=O) groups is 2. The summed E-state index contributed by atoms with van der Waals surface area (Å²) in [5.74, 6) is -0.0182. The predicted octanol–water partition coefficient (Wildman–Crippen LogP) is 2.22. The van der Waals surface area contributed by atoms with E-state index in [0.717, 1.165) is 32.1 Å². The molecule has 1 N–H and O–H groups in total. The van der Waals surface area contributed by atoms with Crippen molar-refractivity contribution in [3.05, 3.63) is 0 Å². The average Bonchev–Trinajstić information content (AvgIpc) is 2.37. The van der Waals surface area contributed by atoms with Crippen LogP contribution in [0.25, 0.3) is 0 Å². The van der Waals surface area contributed by atoms with Crippen molar-refractivity contribution in [2.45, 2.75) is 45.4 Å². The molecule has 103 valence electrons. The number of hydrogen-bond acceptors (Lipinski definition) is 3. The summed E-state index contributed by atoms with van der Waals surface area (Å²) < 4.78 is 5.16. The first kappa shape index (κ1) is 14.8. The molecule has 2 amide bonds.